The summed E-state index contributed by atoms with van der Waals surface area (Å²) in [5, 5.41) is 3.47. The second kappa shape index (κ2) is 3.67. The van der Waals surface area contributed by atoms with Gasteiger partial charge in [0, 0.05) is 11.6 Å². The summed E-state index contributed by atoms with van der Waals surface area (Å²) >= 11 is 0. The minimum Gasteiger partial charge on any atom is -0.472 e. The first kappa shape index (κ1) is 9.46. The summed E-state index contributed by atoms with van der Waals surface area (Å²) in [6, 6.07) is 2.62. The molecule has 1 heterocycles. The highest BCUT2D eigenvalue weighted by Crippen LogP contribution is 2.52. The molecule has 2 fully saturated rings. The summed E-state index contributed by atoms with van der Waals surface area (Å²) in [7, 11) is 2.07. The first-order valence-corrected chi connectivity index (χ1v) is 6.08. The Labute approximate surface area is 91.0 Å². The predicted octanol–water partition coefficient (Wildman–Crippen LogP) is 2.98. The quantitative estimate of drug-likeness (QED) is 0.820. The van der Waals surface area contributed by atoms with Crippen molar-refractivity contribution < 1.29 is 4.42 Å². The molecule has 0 amide bonds. The van der Waals surface area contributed by atoms with E-state index in [2.05, 4.69) is 18.4 Å². The maximum atomic E-state index is 5.20. The molecule has 2 bridgehead atoms. The summed E-state index contributed by atoms with van der Waals surface area (Å²) in [6.45, 7) is 0. The second-order valence-electron chi connectivity index (χ2n) is 5.16. The van der Waals surface area contributed by atoms with Gasteiger partial charge in [-0.3, -0.25) is 0 Å². The number of fused-ring (bicyclic) bond motifs is 2. The van der Waals surface area contributed by atoms with E-state index in [1.807, 2.05) is 6.26 Å². The summed E-state index contributed by atoms with van der Waals surface area (Å²) in [4.78, 5) is 0. The number of furan rings is 1. The lowest BCUT2D eigenvalue weighted by Gasteiger charge is -2.29. The standard InChI is InChI=1S/C13H19NO/c1-14-13(11-4-5-15-8-11)12-7-9-2-3-10(12)6-9/h4-5,8-10,12-14H,2-3,6-7H2,1H3. The molecule has 4 unspecified atom stereocenters. The lowest BCUT2D eigenvalue weighted by atomic mass is 9.81. The van der Waals surface area contributed by atoms with Crippen LogP contribution in [-0.4, -0.2) is 7.05 Å². The van der Waals surface area contributed by atoms with Crippen LogP contribution in [0.1, 0.15) is 37.3 Å². The molecule has 82 valence electrons. The Morgan fingerprint density at radius 3 is 2.87 bits per heavy atom. The molecule has 2 saturated carbocycles. The van der Waals surface area contributed by atoms with Crippen molar-refractivity contribution in [1.82, 2.24) is 5.32 Å². The molecule has 0 aliphatic heterocycles. The van der Waals surface area contributed by atoms with Crippen molar-refractivity contribution in [3.8, 4) is 0 Å². The SMILES string of the molecule is CNC(c1ccoc1)C1CC2CCC1C2. The third-order valence-corrected chi connectivity index (χ3v) is 4.43. The zero-order valence-corrected chi connectivity index (χ0v) is 9.28. The van der Waals surface area contributed by atoms with Crippen molar-refractivity contribution in [1.29, 1.82) is 0 Å². The smallest absolute Gasteiger partial charge is 0.0950 e. The molecule has 0 saturated heterocycles. The maximum Gasteiger partial charge on any atom is 0.0950 e. The highest BCUT2D eigenvalue weighted by atomic mass is 16.3. The molecule has 0 radical (unpaired) electrons. The van der Waals surface area contributed by atoms with Crippen LogP contribution in [0.15, 0.2) is 23.0 Å². The van der Waals surface area contributed by atoms with Gasteiger partial charge < -0.3 is 9.73 Å². The van der Waals surface area contributed by atoms with E-state index in [4.69, 9.17) is 4.42 Å². The van der Waals surface area contributed by atoms with E-state index in [1.165, 1.54) is 31.2 Å². The lowest BCUT2D eigenvalue weighted by Crippen LogP contribution is -2.28. The van der Waals surface area contributed by atoms with Crippen LogP contribution < -0.4 is 5.32 Å². The van der Waals surface area contributed by atoms with E-state index in [-0.39, 0.29) is 0 Å². The third kappa shape index (κ3) is 1.51. The van der Waals surface area contributed by atoms with Gasteiger partial charge in [-0.25, -0.2) is 0 Å². The molecule has 2 heteroatoms. The summed E-state index contributed by atoms with van der Waals surface area (Å²) in [6.07, 6.45) is 9.50. The van der Waals surface area contributed by atoms with Gasteiger partial charge in [0.2, 0.25) is 0 Å². The maximum absolute atomic E-state index is 5.20. The zero-order chi connectivity index (χ0) is 10.3. The van der Waals surface area contributed by atoms with E-state index in [0.29, 0.717) is 6.04 Å². The van der Waals surface area contributed by atoms with E-state index in [0.717, 1.165) is 17.8 Å². The van der Waals surface area contributed by atoms with Crippen LogP contribution in [-0.2, 0) is 0 Å². The number of hydrogen-bond donors (Lipinski definition) is 1. The topological polar surface area (TPSA) is 25.2 Å². The molecular weight excluding hydrogens is 186 g/mol. The van der Waals surface area contributed by atoms with Crippen molar-refractivity contribution in [2.75, 3.05) is 7.05 Å². The summed E-state index contributed by atoms with van der Waals surface area (Å²) in [5.41, 5.74) is 1.33. The number of hydrogen-bond acceptors (Lipinski definition) is 2. The average molecular weight is 205 g/mol. The first-order valence-electron chi connectivity index (χ1n) is 6.08. The van der Waals surface area contributed by atoms with Crippen molar-refractivity contribution in [2.45, 2.75) is 31.7 Å². The van der Waals surface area contributed by atoms with Gasteiger partial charge in [-0.1, -0.05) is 6.42 Å². The fraction of sp³-hybridized carbons (Fsp3) is 0.692. The summed E-state index contributed by atoms with van der Waals surface area (Å²) < 4.78 is 5.20. The molecule has 3 rings (SSSR count). The second-order valence-corrected chi connectivity index (χ2v) is 5.16. The normalized spacial score (nSPS) is 35.9. The van der Waals surface area contributed by atoms with Crippen LogP contribution >= 0.6 is 0 Å². The van der Waals surface area contributed by atoms with Crippen molar-refractivity contribution in [3.63, 3.8) is 0 Å². The van der Waals surface area contributed by atoms with Crippen LogP contribution in [0.25, 0.3) is 0 Å². The Bertz CT molecular complexity index is 319. The van der Waals surface area contributed by atoms with Crippen molar-refractivity contribution in [2.24, 2.45) is 17.8 Å². The molecule has 15 heavy (non-hydrogen) atoms. The molecule has 1 aromatic rings. The Morgan fingerprint density at radius 2 is 2.33 bits per heavy atom. The highest BCUT2D eigenvalue weighted by molar-refractivity contribution is 5.15. The van der Waals surface area contributed by atoms with Gasteiger partial charge in [0.25, 0.3) is 0 Å². The number of rotatable bonds is 3. The van der Waals surface area contributed by atoms with E-state index >= 15 is 0 Å². The highest BCUT2D eigenvalue weighted by Gasteiger charge is 2.43. The van der Waals surface area contributed by atoms with Crippen LogP contribution in [0.5, 0.6) is 0 Å². The fourth-order valence-electron chi connectivity index (χ4n) is 3.78. The van der Waals surface area contributed by atoms with E-state index in [1.54, 1.807) is 6.26 Å². The largest absolute Gasteiger partial charge is 0.472 e. The molecule has 0 aromatic carbocycles. The zero-order valence-electron chi connectivity index (χ0n) is 9.28. The van der Waals surface area contributed by atoms with Crippen LogP contribution in [0.3, 0.4) is 0 Å². The molecule has 1 aromatic heterocycles. The molecule has 2 aliphatic rings. The molecular formula is C13H19NO. The van der Waals surface area contributed by atoms with Gasteiger partial charge in [-0.15, -0.1) is 0 Å². The molecule has 0 spiro atoms. The van der Waals surface area contributed by atoms with Crippen LogP contribution in [0, 0.1) is 17.8 Å². The van der Waals surface area contributed by atoms with Gasteiger partial charge in [0.1, 0.15) is 0 Å². The average Bonchev–Trinajstić information content (AvgIpc) is 2.94. The third-order valence-electron chi connectivity index (χ3n) is 4.43. The first-order chi connectivity index (χ1) is 7.38. The number of nitrogens with one attached hydrogen (secondary N) is 1. The van der Waals surface area contributed by atoms with Gasteiger partial charge in [0.15, 0.2) is 0 Å². The van der Waals surface area contributed by atoms with Crippen molar-refractivity contribution >= 4 is 0 Å². The van der Waals surface area contributed by atoms with Gasteiger partial charge in [-0.2, -0.15) is 0 Å². The van der Waals surface area contributed by atoms with Gasteiger partial charge in [-0.05, 0) is 50.1 Å². The van der Waals surface area contributed by atoms with Gasteiger partial charge >= 0.3 is 0 Å². The van der Waals surface area contributed by atoms with Crippen LogP contribution in [0.4, 0.5) is 0 Å². The molecule has 2 nitrogen and oxygen atoms in total. The predicted molar refractivity (Wildman–Crippen MR) is 59.4 cm³/mol. The Kier molecular flexibility index (Phi) is 2.32. The Balaban J connectivity index is 1.80. The Morgan fingerprint density at radius 1 is 1.40 bits per heavy atom. The molecule has 1 N–H and O–H groups in total. The minimum absolute atomic E-state index is 0.513. The fourth-order valence-corrected chi connectivity index (χ4v) is 3.78. The lowest BCUT2D eigenvalue weighted by molar-refractivity contribution is 0.259. The molecule has 4 atom stereocenters. The van der Waals surface area contributed by atoms with E-state index in [9.17, 15) is 0 Å². The Hall–Kier alpha value is -0.760. The van der Waals surface area contributed by atoms with Crippen molar-refractivity contribution in [3.05, 3.63) is 24.2 Å². The molecule has 2 aliphatic carbocycles. The van der Waals surface area contributed by atoms with E-state index < -0.39 is 0 Å². The minimum atomic E-state index is 0.513. The summed E-state index contributed by atoms with van der Waals surface area (Å²) in [5.74, 6) is 2.82. The van der Waals surface area contributed by atoms with Crippen LogP contribution in [0.2, 0.25) is 0 Å². The van der Waals surface area contributed by atoms with Gasteiger partial charge in [0.05, 0.1) is 12.5 Å². The monoisotopic (exact) mass is 205 g/mol.